The topological polar surface area (TPSA) is 12.9 Å². The smallest absolute Gasteiger partial charge is 0.243 e. The lowest BCUT2D eigenvalue weighted by Gasteiger charge is -2.11. The largest absolute Gasteiger partial charge is 0.433 e. The zero-order chi connectivity index (χ0) is 14.0. The van der Waals surface area contributed by atoms with E-state index in [1.165, 1.54) is 30.3 Å². The monoisotopic (exact) mass is 333 g/mol. The van der Waals surface area contributed by atoms with Gasteiger partial charge in [-0.1, -0.05) is 22.0 Å². The highest BCUT2D eigenvalue weighted by Crippen LogP contribution is 2.31. The van der Waals surface area contributed by atoms with Gasteiger partial charge in [0.25, 0.3) is 0 Å². The Bertz CT molecular complexity index is 578. The summed E-state index contributed by atoms with van der Waals surface area (Å²) < 4.78 is 50.8. The molecule has 0 saturated carbocycles. The van der Waals surface area contributed by atoms with Crippen LogP contribution in [0.3, 0.4) is 0 Å². The van der Waals surface area contributed by atoms with Crippen molar-refractivity contribution < 1.29 is 17.6 Å². The number of alkyl halides is 4. The summed E-state index contributed by atoms with van der Waals surface area (Å²) in [7, 11) is 0. The first kappa shape index (κ1) is 14.0. The van der Waals surface area contributed by atoms with Gasteiger partial charge in [0.05, 0.1) is 5.69 Å². The number of pyridine rings is 1. The van der Waals surface area contributed by atoms with E-state index < -0.39 is 17.7 Å². The van der Waals surface area contributed by atoms with Crippen LogP contribution < -0.4 is 0 Å². The zero-order valence-electron chi connectivity index (χ0n) is 9.51. The van der Waals surface area contributed by atoms with E-state index in [0.717, 1.165) is 6.07 Å². The SMILES string of the molecule is Fc1ccc(-c2nc(C(F)(F)F)ccc2CBr)cc1. The van der Waals surface area contributed by atoms with Gasteiger partial charge in [-0.15, -0.1) is 0 Å². The summed E-state index contributed by atoms with van der Waals surface area (Å²) in [6.07, 6.45) is -4.50. The zero-order valence-corrected chi connectivity index (χ0v) is 11.1. The summed E-state index contributed by atoms with van der Waals surface area (Å²) in [6.45, 7) is 0. The van der Waals surface area contributed by atoms with Gasteiger partial charge in [-0.3, -0.25) is 0 Å². The van der Waals surface area contributed by atoms with Crippen LogP contribution in [0.4, 0.5) is 17.6 Å². The summed E-state index contributed by atoms with van der Waals surface area (Å²) in [4.78, 5) is 3.64. The first-order valence-corrected chi connectivity index (χ1v) is 6.43. The number of halogens is 5. The predicted molar refractivity (Wildman–Crippen MR) is 67.3 cm³/mol. The van der Waals surface area contributed by atoms with E-state index in [9.17, 15) is 17.6 Å². The van der Waals surface area contributed by atoms with E-state index >= 15 is 0 Å². The molecule has 0 bridgehead atoms. The van der Waals surface area contributed by atoms with E-state index in [-0.39, 0.29) is 5.69 Å². The maximum atomic E-state index is 12.8. The molecule has 0 aliphatic rings. The first-order valence-electron chi connectivity index (χ1n) is 5.31. The van der Waals surface area contributed by atoms with Gasteiger partial charge in [0.2, 0.25) is 0 Å². The molecule has 0 N–H and O–H groups in total. The number of aromatic nitrogens is 1. The minimum absolute atomic E-state index is 0.201. The number of rotatable bonds is 2. The van der Waals surface area contributed by atoms with E-state index in [2.05, 4.69) is 20.9 Å². The van der Waals surface area contributed by atoms with Crippen molar-refractivity contribution in [2.24, 2.45) is 0 Å². The Balaban J connectivity index is 2.56. The minimum Gasteiger partial charge on any atom is -0.243 e. The van der Waals surface area contributed by atoms with Crippen molar-refractivity contribution in [2.75, 3.05) is 0 Å². The Morgan fingerprint density at radius 2 is 1.63 bits per heavy atom. The molecule has 1 aromatic carbocycles. The van der Waals surface area contributed by atoms with Crippen molar-refractivity contribution in [1.82, 2.24) is 4.98 Å². The molecule has 1 aromatic heterocycles. The molecule has 0 amide bonds. The average Bonchev–Trinajstić information content (AvgIpc) is 2.38. The molecule has 0 radical (unpaired) electrons. The lowest BCUT2D eigenvalue weighted by molar-refractivity contribution is -0.141. The molecule has 0 unspecified atom stereocenters. The fourth-order valence-electron chi connectivity index (χ4n) is 1.61. The number of benzene rings is 1. The van der Waals surface area contributed by atoms with Crippen molar-refractivity contribution in [1.29, 1.82) is 0 Å². The lowest BCUT2D eigenvalue weighted by Crippen LogP contribution is -2.09. The second kappa shape index (κ2) is 5.28. The van der Waals surface area contributed by atoms with E-state index in [4.69, 9.17) is 0 Å². The third-order valence-electron chi connectivity index (χ3n) is 2.53. The second-order valence-electron chi connectivity index (χ2n) is 3.84. The fourth-order valence-corrected chi connectivity index (χ4v) is 2.06. The Hall–Kier alpha value is -1.43. The van der Waals surface area contributed by atoms with Crippen molar-refractivity contribution >= 4 is 15.9 Å². The van der Waals surface area contributed by atoms with Crippen LogP contribution in [0, 0.1) is 5.82 Å². The molecule has 100 valence electrons. The van der Waals surface area contributed by atoms with Crippen molar-refractivity contribution in [3.8, 4) is 11.3 Å². The van der Waals surface area contributed by atoms with Gasteiger partial charge >= 0.3 is 6.18 Å². The van der Waals surface area contributed by atoms with Crippen molar-refractivity contribution in [3.05, 3.63) is 53.5 Å². The average molecular weight is 334 g/mol. The third kappa shape index (κ3) is 3.12. The number of hydrogen-bond acceptors (Lipinski definition) is 1. The van der Waals surface area contributed by atoms with E-state index in [1.807, 2.05) is 0 Å². The third-order valence-corrected chi connectivity index (χ3v) is 3.13. The van der Waals surface area contributed by atoms with Gasteiger partial charge in [-0.25, -0.2) is 9.37 Å². The van der Waals surface area contributed by atoms with E-state index in [0.29, 0.717) is 16.5 Å². The molecule has 1 nitrogen and oxygen atoms in total. The highest BCUT2D eigenvalue weighted by molar-refractivity contribution is 9.08. The molecule has 2 aromatic rings. The summed E-state index contributed by atoms with van der Waals surface area (Å²) in [5.41, 5.74) is 0.296. The van der Waals surface area contributed by atoms with Gasteiger partial charge in [0, 0.05) is 10.9 Å². The maximum Gasteiger partial charge on any atom is 0.433 e. The molecule has 0 aliphatic carbocycles. The van der Waals surface area contributed by atoms with Gasteiger partial charge < -0.3 is 0 Å². The molecule has 0 fully saturated rings. The molecule has 0 saturated heterocycles. The highest BCUT2D eigenvalue weighted by atomic mass is 79.9. The van der Waals surface area contributed by atoms with Gasteiger partial charge in [-0.05, 0) is 35.9 Å². The lowest BCUT2D eigenvalue weighted by atomic mass is 10.1. The summed E-state index contributed by atoms with van der Waals surface area (Å²) in [5.74, 6) is -0.448. The van der Waals surface area contributed by atoms with Crippen LogP contribution in [0.1, 0.15) is 11.3 Å². The molecular weight excluding hydrogens is 326 g/mol. The first-order chi connectivity index (χ1) is 8.91. The summed E-state index contributed by atoms with van der Waals surface area (Å²) in [6, 6.07) is 7.49. The Morgan fingerprint density at radius 1 is 1.00 bits per heavy atom. The molecule has 6 heteroatoms. The van der Waals surface area contributed by atoms with Crippen LogP contribution in [0.5, 0.6) is 0 Å². The van der Waals surface area contributed by atoms with Crippen LogP contribution in [-0.4, -0.2) is 4.98 Å². The van der Waals surface area contributed by atoms with Gasteiger partial charge in [0.15, 0.2) is 0 Å². The van der Waals surface area contributed by atoms with Crippen molar-refractivity contribution in [3.63, 3.8) is 0 Å². The molecule has 0 aliphatic heterocycles. The number of hydrogen-bond donors (Lipinski definition) is 0. The van der Waals surface area contributed by atoms with Gasteiger partial charge in [-0.2, -0.15) is 13.2 Å². The predicted octanol–water partition coefficient (Wildman–Crippen LogP) is 4.80. The Kier molecular flexibility index (Phi) is 3.89. The van der Waals surface area contributed by atoms with Crippen molar-refractivity contribution in [2.45, 2.75) is 11.5 Å². The molecule has 1 heterocycles. The van der Waals surface area contributed by atoms with Crippen LogP contribution in [0.2, 0.25) is 0 Å². The number of nitrogens with zero attached hydrogens (tertiary/aromatic N) is 1. The summed E-state index contributed by atoms with van der Waals surface area (Å²) in [5, 5.41) is 0.366. The molecule has 2 rings (SSSR count). The second-order valence-corrected chi connectivity index (χ2v) is 4.40. The quantitative estimate of drug-likeness (QED) is 0.568. The van der Waals surface area contributed by atoms with E-state index in [1.54, 1.807) is 0 Å². The minimum atomic E-state index is -4.50. The van der Waals surface area contributed by atoms with Crippen LogP contribution >= 0.6 is 15.9 Å². The molecule has 0 spiro atoms. The maximum absolute atomic E-state index is 12.8. The molecular formula is C13H8BrF4N. The van der Waals surface area contributed by atoms with Crippen LogP contribution in [-0.2, 0) is 11.5 Å². The molecule has 0 atom stereocenters. The Morgan fingerprint density at radius 3 is 2.16 bits per heavy atom. The fraction of sp³-hybridized carbons (Fsp3) is 0.154. The summed E-state index contributed by atoms with van der Waals surface area (Å²) >= 11 is 3.20. The Labute approximate surface area is 115 Å². The van der Waals surface area contributed by atoms with Gasteiger partial charge in [0.1, 0.15) is 11.5 Å². The van der Waals surface area contributed by atoms with Crippen LogP contribution in [0.15, 0.2) is 36.4 Å². The normalized spacial score (nSPS) is 11.6. The van der Waals surface area contributed by atoms with Crippen LogP contribution in [0.25, 0.3) is 11.3 Å². The highest BCUT2D eigenvalue weighted by Gasteiger charge is 2.33. The molecule has 19 heavy (non-hydrogen) atoms. The standard InChI is InChI=1S/C13H8BrF4N/c14-7-9-3-6-11(13(16,17)18)19-12(9)8-1-4-10(15)5-2-8/h1-6H,7H2.